The Labute approximate surface area is 109 Å². The lowest BCUT2D eigenvalue weighted by Crippen LogP contribution is -2.42. The molecule has 1 aromatic heterocycles. The van der Waals surface area contributed by atoms with Crippen molar-refractivity contribution in [2.75, 3.05) is 27.9 Å². The molecule has 0 unspecified atom stereocenters. The van der Waals surface area contributed by atoms with Gasteiger partial charge in [0.1, 0.15) is 0 Å². The maximum absolute atomic E-state index is 5.33. The van der Waals surface area contributed by atoms with Gasteiger partial charge < -0.3 is 13.3 Å². The standard InChI is InChI=1S/C12H20N2O3Si/c1-15-18(16-2,17-3)10-6-8-13-11-12-7-4-5-9-14-12/h4-5,7,9,11H,6,8,10H2,1-3H3. The first kappa shape index (κ1) is 15.0. The summed E-state index contributed by atoms with van der Waals surface area (Å²) in [4.78, 5) is 8.47. The van der Waals surface area contributed by atoms with Crippen molar-refractivity contribution < 1.29 is 13.3 Å². The number of hydrogen-bond acceptors (Lipinski definition) is 5. The summed E-state index contributed by atoms with van der Waals surface area (Å²) >= 11 is 0. The van der Waals surface area contributed by atoms with Crippen LogP contribution in [-0.2, 0) is 13.3 Å². The summed E-state index contributed by atoms with van der Waals surface area (Å²) in [5.74, 6) is 0. The predicted octanol–water partition coefficient (Wildman–Crippen LogP) is 1.77. The molecule has 1 rings (SSSR count). The highest BCUT2D eigenvalue weighted by Gasteiger charge is 2.36. The molecule has 0 saturated carbocycles. The van der Waals surface area contributed by atoms with E-state index in [0.29, 0.717) is 6.54 Å². The van der Waals surface area contributed by atoms with Crippen molar-refractivity contribution in [3.8, 4) is 0 Å². The number of rotatable bonds is 8. The van der Waals surface area contributed by atoms with E-state index in [-0.39, 0.29) is 0 Å². The summed E-state index contributed by atoms with van der Waals surface area (Å²) in [5.41, 5.74) is 0.867. The van der Waals surface area contributed by atoms with Crippen LogP contribution in [0, 0.1) is 0 Å². The van der Waals surface area contributed by atoms with Crippen LogP contribution in [0.25, 0.3) is 0 Å². The fourth-order valence-corrected chi connectivity index (χ4v) is 3.26. The molecular weight excluding hydrogens is 248 g/mol. The Morgan fingerprint density at radius 2 is 1.94 bits per heavy atom. The lowest BCUT2D eigenvalue weighted by atomic mass is 10.4. The largest absolute Gasteiger partial charge is 0.500 e. The molecule has 0 bridgehead atoms. The molecule has 0 aliphatic carbocycles. The van der Waals surface area contributed by atoms with Crippen molar-refractivity contribution in [2.24, 2.45) is 4.99 Å². The summed E-state index contributed by atoms with van der Waals surface area (Å²) < 4.78 is 16.0. The average molecular weight is 268 g/mol. The molecule has 0 amide bonds. The van der Waals surface area contributed by atoms with Gasteiger partial charge >= 0.3 is 8.80 Å². The Bertz CT molecular complexity index is 347. The van der Waals surface area contributed by atoms with E-state index in [0.717, 1.165) is 18.2 Å². The third-order valence-electron chi connectivity index (χ3n) is 2.61. The zero-order valence-corrected chi connectivity index (χ0v) is 12.1. The third-order valence-corrected chi connectivity index (χ3v) is 5.45. The Morgan fingerprint density at radius 1 is 1.22 bits per heavy atom. The smallest absolute Gasteiger partial charge is 0.377 e. The molecule has 0 aromatic carbocycles. The van der Waals surface area contributed by atoms with Gasteiger partial charge in [-0.1, -0.05) is 6.07 Å². The number of hydrogen-bond donors (Lipinski definition) is 0. The van der Waals surface area contributed by atoms with Crippen LogP contribution < -0.4 is 0 Å². The lowest BCUT2D eigenvalue weighted by molar-refractivity contribution is 0.123. The highest BCUT2D eigenvalue weighted by Crippen LogP contribution is 2.14. The summed E-state index contributed by atoms with van der Waals surface area (Å²) in [6.07, 6.45) is 4.39. The van der Waals surface area contributed by atoms with Crippen molar-refractivity contribution in [3.63, 3.8) is 0 Å². The predicted molar refractivity (Wildman–Crippen MR) is 72.9 cm³/mol. The van der Waals surface area contributed by atoms with E-state index in [1.54, 1.807) is 33.7 Å². The second-order valence-electron chi connectivity index (χ2n) is 3.69. The van der Waals surface area contributed by atoms with Gasteiger partial charge in [0.25, 0.3) is 0 Å². The van der Waals surface area contributed by atoms with Gasteiger partial charge in [-0.15, -0.1) is 0 Å². The molecule has 1 heterocycles. The van der Waals surface area contributed by atoms with Crippen LogP contribution in [0.2, 0.25) is 6.04 Å². The molecule has 6 heteroatoms. The lowest BCUT2D eigenvalue weighted by Gasteiger charge is -2.23. The summed E-state index contributed by atoms with van der Waals surface area (Å²) in [5, 5.41) is 0. The van der Waals surface area contributed by atoms with E-state index in [9.17, 15) is 0 Å². The fraction of sp³-hybridized carbons (Fsp3) is 0.500. The highest BCUT2D eigenvalue weighted by molar-refractivity contribution is 6.60. The molecule has 1 aromatic rings. The van der Waals surface area contributed by atoms with Crippen LogP contribution in [0.4, 0.5) is 0 Å². The van der Waals surface area contributed by atoms with E-state index in [1.807, 2.05) is 18.2 Å². The second-order valence-corrected chi connectivity index (χ2v) is 6.78. The Balaban J connectivity index is 2.32. The summed E-state index contributed by atoms with van der Waals surface area (Å²) in [7, 11) is 2.43. The topological polar surface area (TPSA) is 52.9 Å². The summed E-state index contributed by atoms with van der Waals surface area (Å²) in [6.45, 7) is 0.710. The Kier molecular flexibility index (Phi) is 6.74. The van der Waals surface area contributed by atoms with Gasteiger partial charge in [-0.2, -0.15) is 0 Å². The van der Waals surface area contributed by atoms with Crippen molar-refractivity contribution in [1.29, 1.82) is 0 Å². The van der Waals surface area contributed by atoms with E-state index in [2.05, 4.69) is 9.98 Å². The normalized spacial score (nSPS) is 12.2. The Hall–Kier alpha value is -1.08. The first-order valence-electron chi connectivity index (χ1n) is 5.82. The van der Waals surface area contributed by atoms with Crippen LogP contribution in [0.15, 0.2) is 29.4 Å². The molecule has 0 N–H and O–H groups in total. The molecule has 0 atom stereocenters. The van der Waals surface area contributed by atoms with Crippen LogP contribution in [0.1, 0.15) is 12.1 Å². The molecule has 0 fully saturated rings. The number of aliphatic imine (C=N–C) groups is 1. The van der Waals surface area contributed by atoms with Gasteiger partial charge in [0, 0.05) is 46.3 Å². The SMILES string of the molecule is CO[Si](CCCN=Cc1ccccn1)(OC)OC. The number of aromatic nitrogens is 1. The molecule has 0 spiro atoms. The quantitative estimate of drug-likeness (QED) is 0.409. The molecule has 0 aliphatic rings. The maximum Gasteiger partial charge on any atom is 0.500 e. The van der Waals surface area contributed by atoms with Gasteiger partial charge in [0.15, 0.2) is 0 Å². The second kappa shape index (κ2) is 8.10. The van der Waals surface area contributed by atoms with Crippen LogP contribution in [0.5, 0.6) is 0 Å². The van der Waals surface area contributed by atoms with Gasteiger partial charge in [0.2, 0.25) is 0 Å². The van der Waals surface area contributed by atoms with Gasteiger partial charge in [-0.05, 0) is 18.6 Å². The molecule has 5 nitrogen and oxygen atoms in total. The molecular formula is C12H20N2O3Si. The maximum atomic E-state index is 5.33. The highest BCUT2D eigenvalue weighted by atomic mass is 28.4. The monoisotopic (exact) mass is 268 g/mol. The minimum absolute atomic E-state index is 0.710. The first-order chi connectivity index (χ1) is 8.76. The number of pyridine rings is 1. The summed E-state index contributed by atoms with van der Waals surface area (Å²) in [6, 6.07) is 6.50. The van der Waals surface area contributed by atoms with E-state index in [4.69, 9.17) is 13.3 Å². The van der Waals surface area contributed by atoms with Crippen molar-refractivity contribution in [3.05, 3.63) is 30.1 Å². The molecule has 0 aliphatic heterocycles. The number of nitrogens with zero attached hydrogens (tertiary/aromatic N) is 2. The minimum Gasteiger partial charge on any atom is -0.377 e. The van der Waals surface area contributed by atoms with Gasteiger partial charge in [0.05, 0.1) is 5.69 Å². The fourth-order valence-electron chi connectivity index (χ4n) is 1.55. The zero-order chi connectivity index (χ0) is 13.3. The van der Waals surface area contributed by atoms with E-state index >= 15 is 0 Å². The van der Waals surface area contributed by atoms with Crippen molar-refractivity contribution in [2.45, 2.75) is 12.5 Å². The van der Waals surface area contributed by atoms with Gasteiger partial charge in [-0.3, -0.25) is 9.98 Å². The van der Waals surface area contributed by atoms with Crippen LogP contribution in [0.3, 0.4) is 0 Å². The zero-order valence-electron chi connectivity index (χ0n) is 11.1. The molecule has 100 valence electrons. The van der Waals surface area contributed by atoms with E-state index < -0.39 is 8.80 Å². The average Bonchev–Trinajstić information content (AvgIpc) is 2.45. The van der Waals surface area contributed by atoms with E-state index in [1.165, 1.54) is 0 Å². The first-order valence-corrected chi connectivity index (χ1v) is 7.76. The van der Waals surface area contributed by atoms with Crippen molar-refractivity contribution >= 4 is 15.0 Å². The molecule has 0 radical (unpaired) electrons. The van der Waals surface area contributed by atoms with Gasteiger partial charge in [-0.25, -0.2) is 0 Å². The molecule has 18 heavy (non-hydrogen) atoms. The minimum atomic E-state index is -2.44. The molecule has 0 saturated heterocycles. The third kappa shape index (κ3) is 4.65. The Morgan fingerprint density at radius 3 is 2.50 bits per heavy atom. The van der Waals surface area contributed by atoms with Crippen LogP contribution in [-0.4, -0.2) is 47.9 Å². The van der Waals surface area contributed by atoms with Crippen molar-refractivity contribution in [1.82, 2.24) is 4.98 Å². The van der Waals surface area contributed by atoms with Crippen LogP contribution >= 0.6 is 0 Å².